The summed E-state index contributed by atoms with van der Waals surface area (Å²) in [6.45, 7) is 4.24. The third-order valence-corrected chi connectivity index (χ3v) is 4.37. The van der Waals surface area contributed by atoms with Gasteiger partial charge in [0.15, 0.2) is 11.5 Å². The number of aryl methyl sites for hydroxylation is 1. The molecule has 0 fully saturated rings. The lowest BCUT2D eigenvalue weighted by molar-refractivity contribution is 0.102. The fourth-order valence-corrected chi connectivity index (χ4v) is 2.97. The van der Waals surface area contributed by atoms with Crippen molar-refractivity contribution in [2.45, 2.75) is 20.4 Å². The third-order valence-electron chi connectivity index (χ3n) is 3.12. The molecule has 0 saturated heterocycles. The summed E-state index contributed by atoms with van der Waals surface area (Å²) in [6.07, 6.45) is 0. The van der Waals surface area contributed by atoms with Crippen molar-refractivity contribution in [1.29, 1.82) is 0 Å². The maximum atomic E-state index is 11.5. The molecule has 4 nitrogen and oxygen atoms in total. The zero-order valence-corrected chi connectivity index (χ0v) is 12.6. The van der Waals surface area contributed by atoms with Gasteiger partial charge in [-0.05, 0) is 18.1 Å². The van der Waals surface area contributed by atoms with Gasteiger partial charge in [0.2, 0.25) is 0 Å². The Balaban J connectivity index is 2.24. The number of rotatable bonds is 5. The zero-order chi connectivity index (χ0) is 14.7. The molecule has 1 aromatic heterocycles. The Morgan fingerprint density at radius 3 is 2.70 bits per heavy atom. The molecule has 0 atom stereocenters. The normalized spacial score (nSPS) is 10.3. The molecular weight excluding hydrogens is 272 g/mol. The molecule has 0 saturated carbocycles. The largest absolute Gasteiger partial charge is 0.492 e. The van der Waals surface area contributed by atoms with E-state index in [4.69, 9.17) is 10.5 Å². The van der Waals surface area contributed by atoms with E-state index in [1.54, 1.807) is 7.11 Å². The summed E-state index contributed by atoms with van der Waals surface area (Å²) in [5.41, 5.74) is 8.77. The van der Waals surface area contributed by atoms with Crippen molar-refractivity contribution in [3.63, 3.8) is 0 Å². The number of ketones is 1. The van der Waals surface area contributed by atoms with Crippen molar-refractivity contribution in [2.75, 3.05) is 18.2 Å². The van der Waals surface area contributed by atoms with Gasteiger partial charge >= 0.3 is 0 Å². The van der Waals surface area contributed by atoms with Crippen molar-refractivity contribution in [1.82, 2.24) is 0 Å². The molecule has 106 valence electrons. The summed E-state index contributed by atoms with van der Waals surface area (Å²) in [5, 5.41) is 4.09. The monoisotopic (exact) mass is 290 g/mol. The predicted molar refractivity (Wildman–Crippen MR) is 83.8 cm³/mol. The number of nitrogens with two attached hydrogens (primary N) is 1. The number of thiophene rings is 1. The lowest BCUT2D eigenvalue weighted by Crippen LogP contribution is -2.01. The highest BCUT2D eigenvalue weighted by atomic mass is 32.1. The van der Waals surface area contributed by atoms with E-state index in [2.05, 4.69) is 24.4 Å². The predicted octanol–water partition coefficient (Wildman–Crippen LogP) is 3.46. The molecule has 0 unspecified atom stereocenters. The van der Waals surface area contributed by atoms with Gasteiger partial charge < -0.3 is 15.8 Å². The van der Waals surface area contributed by atoms with E-state index in [1.165, 1.54) is 29.4 Å². The Kier molecular flexibility index (Phi) is 4.29. The van der Waals surface area contributed by atoms with E-state index < -0.39 is 0 Å². The minimum Gasteiger partial charge on any atom is -0.492 e. The summed E-state index contributed by atoms with van der Waals surface area (Å²) in [4.78, 5) is 12.1. The van der Waals surface area contributed by atoms with E-state index in [-0.39, 0.29) is 5.78 Å². The number of benzene rings is 1. The highest BCUT2D eigenvalue weighted by molar-refractivity contribution is 7.19. The summed E-state index contributed by atoms with van der Waals surface area (Å²) in [6, 6.07) is 8.15. The van der Waals surface area contributed by atoms with E-state index in [0.29, 0.717) is 22.9 Å². The van der Waals surface area contributed by atoms with Crippen molar-refractivity contribution >= 4 is 27.8 Å². The van der Waals surface area contributed by atoms with Crippen LogP contribution in [-0.4, -0.2) is 12.9 Å². The summed E-state index contributed by atoms with van der Waals surface area (Å²) in [5.74, 6) is 0.503. The van der Waals surface area contributed by atoms with Crippen molar-refractivity contribution in [3.8, 4) is 5.75 Å². The number of hydrogen-bond donors (Lipinski definition) is 2. The topological polar surface area (TPSA) is 64.3 Å². The highest BCUT2D eigenvalue weighted by Crippen LogP contribution is 2.42. The van der Waals surface area contributed by atoms with Crippen molar-refractivity contribution in [3.05, 3.63) is 40.3 Å². The number of anilines is 2. The van der Waals surface area contributed by atoms with Gasteiger partial charge in [0.1, 0.15) is 5.00 Å². The molecule has 0 bridgehead atoms. The number of nitrogen functional groups attached to an aromatic ring is 1. The van der Waals surface area contributed by atoms with Gasteiger partial charge in [-0.3, -0.25) is 4.79 Å². The standard InChI is InChI=1S/C15H18N2O2S/c1-9-6-4-5-7-11(9)8-17-15-13(19-3)12(16)14(20-15)10(2)18/h4-7,17H,8,16H2,1-3H3. The van der Waals surface area contributed by atoms with Gasteiger partial charge in [-0.15, -0.1) is 11.3 Å². The quantitative estimate of drug-likeness (QED) is 0.828. The fraction of sp³-hybridized carbons (Fsp3) is 0.267. The second-order valence-electron chi connectivity index (χ2n) is 4.54. The molecule has 1 aromatic carbocycles. The molecule has 0 aliphatic carbocycles. The molecule has 5 heteroatoms. The first kappa shape index (κ1) is 14.4. The van der Waals surface area contributed by atoms with Gasteiger partial charge in [0, 0.05) is 13.5 Å². The lowest BCUT2D eigenvalue weighted by Gasteiger charge is -2.09. The van der Waals surface area contributed by atoms with E-state index in [1.807, 2.05) is 12.1 Å². The molecule has 0 aliphatic rings. The molecule has 2 rings (SSSR count). The molecule has 0 spiro atoms. The van der Waals surface area contributed by atoms with Crippen LogP contribution in [0.3, 0.4) is 0 Å². The van der Waals surface area contributed by atoms with Crippen LogP contribution in [0.5, 0.6) is 5.75 Å². The maximum Gasteiger partial charge on any atom is 0.176 e. The first-order valence-electron chi connectivity index (χ1n) is 6.30. The summed E-state index contributed by atoms with van der Waals surface area (Å²) >= 11 is 1.33. The molecule has 0 amide bonds. The SMILES string of the molecule is COc1c(NCc2ccccc2C)sc(C(C)=O)c1N. The van der Waals surface area contributed by atoms with Gasteiger partial charge in [0.05, 0.1) is 17.7 Å². The first-order chi connectivity index (χ1) is 9.54. The van der Waals surface area contributed by atoms with Gasteiger partial charge in [0.25, 0.3) is 0 Å². The van der Waals surface area contributed by atoms with Crippen LogP contribution < -0.4 is 15.8 Å². The van der Waals surface area contributed by atoms with E-state index in [9.17, 15) is 4.79 Å². The molecule has 3 N–H and O–H groups in total. The Morgan fingerprint density at radius 2 is 2.10 bits per heavy atom. The van der Waals surface area contributed by atoms with Crippen LogP contribution in [0.4, 0.5) is 10.7 Å². The number of methoxy groups -OCH3 is 1. The molecule has 0 aliphatic heterocycles. The van der Waals surface area contributed by atoms with Crippen molar-refractivity contribution < 1.29 is 9.53 Å². The van der Waals surface area contributed by atoms with Crippen LogP contribution in [0.25, 0.3) is 0 Å². The zero-order valence-electron chi connectivity index (χ0n) is 11.8. The number of carbonyl (C=O) groups excluding carboxylic acids is 1. The number of carbonyl (C=O) groups is 1. The number of Topliss-reactive ketones (excluding diaryl/α,β-unsaturated/α-hetero) is 1. The molecular formula is C15H18N2O2S. The average Bonchev–Trinajstić information content (AvgIpc) is 2.74. The molecule has 0 radical (unpaired) electrons. The first-order valence-corrected chi connectivity index (χ1v) is 7.11. The summed E-state index contributed by atoms with van der Waals surface area (Å²) < 4.78 is 5.30. The van der Waals surface area contributed by atoms with Crippen molar-refractivity contribution in [2.24, 2.45) is 0 Å². The second kappa shape index (κ2) is 5.96. The summed E-state index contributed by atoms with van der Waals surface area (Å²) in [7, 11) is 1.56. The Hall–Kier alpha value is -2.01. The average molecular weight is 290 g/mol. The third kappa shape index (κ3) is 2.77. The van der Waals surface area contributed by atoms with Gasteiger partial charge in [-0.2, -0.15) is 0 Å². The molecule has 2 aromatic rings. The van der Waals surface area contributed by atoms with Crippen LogP contribution in [0, 0.1) is 6.92 Å². The number of hydrogen-bond acceptors (Lipinski definition) is 5. The number of nitrogens with one attached hydrogen (secondary N) is 1. The Labute approximate surface area is 122 Å². The van der Waals surface area contributed by atoms with Crippen LogP contribution in [0.15, 0.2) is 24.3 Å². The van der Waals surface area contributed by atoms with E-state index in [0.717, 1.165) is 5.00 Å². The Bertz CT molecular complexity index is 635. The lowest BCUT2D eigenvalue weighted by atomic mass is 10.1. The maximum absolute atomic E-state index is 11.5. The van der Waals surface area contributed by atoms with E-state index >= 15 is 0 Å². The Morgan fingerprint density at radius 1 is 1.40 bits per heavy atom. The van der Waals surface area contributed by atoms with Crippen LogP contribution in [0.1, 0.15) is 27.7 Å². The minimum atomic E-state index is -0.0465. The van der Waals surface area contributed by atoms with Gasteiger partial charge in [-0.25, -0.2) is 0 Å². The minimum absolute atomic E-state index is 0.0465. The van der Waals surface area contributed by atoms with Crippen LogP contribution in [0.2, 0.25) is 0 Å². The highest BCUT2D eigenvalue weighted by Gasteiger charge is 2.19. The van der Waals surface area contributed by atoms with Crippen LogP contribution in [-0.2, 0) is 6.54 Å². The second-order valence-corrected chi connectivity index (χ2v) is 5.56. The fourth-order valence-electron chi connectivity index (χ4n) is 1.99. The smallest absolute Gasteiger partial charge is 0.176 e. The molecule has 1 heterocycles. The molecule has 20 heavy (non-hydrogen) atoms. The number of ether oxygens (including phenoxy) is 1. The van der Waals surface area contributed by atoms with Crippen LogP contribution >= 0.6 is 11.3 Å². The van der Waals surface area contributed by atoms with Gasteiger partial charge in [-0.1, -0.05) is 24.3 Å².